The van der Waals surface area contributed by atoms with E-state index in [1.165, 1.54) is 0 Å². The van der Waals surface area contributed by atoms with Crippen LogP contribution in [0.3, 0.4) is 0 Å². The fraction of sp³-hybridized carbons (Fsp3) is 0.381. The molecule has 140 valence electrons. The van der Waals surface area contributed by atoms with Gasteiger partial charge in [-0.3, -0.25) is 9.78 Å². The van der Waals surface area contributed by atoms with E-state index in [4.69, 9.17) is 14.7 Å². The largest absolute Gasteiger partial charge is 0.491 e. The molecule has 1 amide bonds. The molecular formula is C21H23N3O3. The zero-order chi connectivity index (χ0) is 18.9. The van der Waals surface area contributed by atoms with Crippen molar-refractivity contribution >= 4 is 5.91 Å². The lowest BCUT2D eigenvalue weighted by molar-refractivity contribution is 0.0678. The molecule has 1 aromatic heterocycles. The number of pyridine rings is 1. The van der Waals surface area contributed by atoms with Crippen molar-refractivity contribution in [3.05, 3.63) is 59.9 Å². The molecule has 6 heteroatoms. The number of carbonyl (C=O) groups is 1. The van der Waals surface area contributed by atoms with Gasteiger partial charge in [0.15, 0.2) is 0 Å². The van der Waals surface area contributed by atoms with Gasteiger partial charge in [-0.25, -0.2) is 0 Å². The molecule has 1 unspecified atom stereocenters. The third kappa shape index (κ3) is 5.53. The minimum absolute atomic E-state index is 0.111. The van der Waals surface area contributed by atoms with Crippen molar-refractivity contribution in [1.29, 1.82) is 5.26 Å². The lowest BCUT2D eigenvalue weighted by atomic mass is 10.1. The fourth-order valence-corrected chi connectivity index (χ4v) is 2.99. The van der Waals surface area contributed by atoms with Crippen LogP contribution in [0.1, 0.15) is 35.2 Å². The average molecular weight is 365 g/mol. The number of hydrogen-bond acceptors (Lipinski definition) is 5. The molecule has 1 fully saturated rings. The second kappa shape index (κ2) is 9.70. The first-order valence-corrected chi connectivity index (χ1v) is 9.16. The van der Waals surface area contributed by atoms with Crippen LogP contribution in [0.5, 0.6) is 5.75 Å². The van der Waals surface area contributed by atoms with Gasteiger partial charge in [-0.2, -0.15) is 5.26 Å². The minimum Gasteiger partial charge on any atom is -0.491 e. The van der Waals surface area contributed by atoms with E-state index >= 15 is 0 Å². The van der Waals surface area contributed by atoms with Gasteiger partial charge in [-0.05, 0) is 48.7 Å². The van der Waals surface area contributed by atoms with E-state index in [0.717, 1.165) is 30.8 Å². The van der Waals surface area contributed by atoms with Gasteiger partial charge in [-0.1, -0.05) is 6.07 Å². The Bertz CT molecular complexity index is 766. The maximum Gasteiger partial charge on any atom is 0.254 e. The predicted octanol–water partition coefficient (Wildman–Crippen LogP) is 3.20. The second-order valence-corrected chi connectivity index (χ2v) is 6.47. The maximum absolute atomic E-state index is 12.9. The molecular weight excluding hydrogens is 342 g/mol. The number of aromatic nitrogens is 1. The number of amides is 1. The Morgan fingerprint density at radius 1 is 1.33 bits per heavy atom. The molecule has 0 bridgehead atoms. The highest BCUT2D eigenvalue weighted by atomic mass is 16.5. The van der Waals surface area contributed by atoms with Gasteiger partial charge in [-0.15, -0.1) is 0 Å². The SMILES string of the molecule is N#CCCN(Cc1cccnc1)C(=O)c1ccc(OCC2CCCO2)cc1. The number of rotatable bonds is 8. The molecule has 1 aliphatic heterocycles. The maximum atomic E-state index is 12.9. The van der Waals surface area contributed by atoms with Crippen molar-refractivity contribution in [2.24, 2.45) is 0 Å². The summed E-state index contributed by atoms with van der Waals surface area (Å²) < 4.78 is 11.3. The molecule has 0 saturated carbocycles. The first-order chi connectivity index (χ1) is 13.3. The Kier molecular flexibility index (Phi) is 6.78. The van der Waals surface area contributed by atoms with Gasteiger partial charge in [0.25, 0.3) is 5.91 Å². The van der Waals surface area contributed by atoms with Gasteiger partial charge < -0.3 is 14.4 Å². The molecule has 3 rings (SSSR count). The van der Waals surface area contributed by atoms with Gasteiger partial charge in [0.05, 0.1) is 18.6 Å². The van der Waals surface area contributed by atoms with Gasteiger partial charge in [0.2, 0.25) is 0 Å². The summed E-state index contributed by atoms with van der Waals surface area (Å²) in [5, 5.41) is 8.89. The summed E-state index contributed by atoms with van der Waals surface area (Å²) in [7, 11) is 0. The summed E-state index contributed by atoms with van der Waals surface area (Å²) in [6, 6.07) is 13.0. The van der Waals surface area contributed by atoms with Crippen molar-refractivity contribution < 1.29 is 14.3 Å². The molecule has 2 aromatic rings. The number of carbonyl (C=O) groups excluding carboxylic acids is 1. The highest BCUT2D eigenvalue weighted by molar-refractivity contribution is 5.94. The highest BCUT2D eigenvalue weighted by Crippen LogP contribution is 2.18. The molecule has 2 heterocycles. The molecule has 0 radical (unpaired) electrons. The molecule has 0 N–H and O–H groups in total. The second-order valence-electron chi connectivity index (χ2n) is 6.47. The predicted molar refractivity (Wildman–Crippen MR) is 100 cm³/mol. The topological polar surface area (TPSA) is 75.5 Å². The van der Waals surface area contributed by atoms with Crippen LogP contribution >= 0.6 is 0 Å². The number of nitriles is 1. The molecule has 0 spiro atoms. The van der Waals surface area contributed by atoms with E-state index in [2.05, 4.69) is 11.1 Å². The molecule has 1 atom stereocenters. The molecule has 0 aliphatic carbocycles. The zero-order valence-electron chi connectivity index (χ0n) is 15.2. The van der Waals surface area contributed by atoms with Crippen LogP contribution in [0.25, 0.3) is 0 Å². The van der Waals surface area contributed by atoms with Crippen LogP contribution in [0, 0.1) is 11.3 Å². The summed E-state index contributed by atoms with van der Waals surface area (Å²) >= 11 is 0. The molecule has 27 heavy (non-hydrogen) atoms. The van der Waals surface area contributed by atoms with Crippen LogP contribution in [-0.2, 0) is 11.3 Å². The quantitative estimate of drug-likeness (QED) is 0.718. The third-order valence-electron chi connectivity index (χ3n) is 4.44. The highest BCUT2D eigenvalue weighted by Gasteiger charge is 2.18. The Labute approximate surface area is 159 Å². The normalized spacial score (nSPS) is 15.9. The van der Waals surface area contributed by atoms with E-state index in [-0.39, 0.29) is 18.4 Å². The molecule has 6 nitrogen and oxygen atoms in total. The number of hydrogen-bond donors (Lipinski definition) is 0. The van der Waals surface area contributed by atoms with Gasteiger partial charge in [0, 0.05) is 37.7 Å². The monoisotopic (exact) mass is 365 g/mol. The fourth-order valence-electron chi connectivity index (χ4n) is 2.99. The van der Waals surface area contributed by atoms with Crippen LogP contribution in [0.15, 0.2) is 48.8 Å². The number of benzene rings is 1. The van der Waals surface area contributed by atoms with Crippen molar-refractivity contribution in [3.63, 3.8) is 0 Å². The zero-order valence-corrected chi connectivity index (χ0v) is 15.2. The first kappa shape index (κ1) is 18.9. The van der Waals surface area contributed by atoms with Gasteiger partial charge >= 0.3 is 0 Å². The number of ether oxygens (including phenoxy) is 2. The smallest absolute Gasteiger partial charge is 0.254 e. The Morgan fingerprint density at radius 2 is 2.19 bits per heavy atom. The lowest BCUT2D eigenvalue weighted by Gasteiger charge is -2.22. The lowest BCUT2D eigenvalue weighted by Crippen LogP contribution is -2.31. The van der Waals surface area contributed by atoms with E-state index in [9.17, 15) is 4.79 Å². The van der Waals surface area contributed by atoms with Crippen LogP contribution in [0.4, 0.5) is 0 Å². The first-order valence-electron chi connectivity index (χ1n) is 9.16. The van der Waals surface area contributed by atoms with Crippen molar-refractivity contribution in [3.8, 4) is 11.8 Å². The summed E-state index contributed by atoms with van der Waals surface area (Å²) in [4.78, 5) is 18.6. The summed E-state index contributed by atoms with van der Waals surface area (Å²) in [5.41, 5.74) is 1.50. The van der Waals surface area contributed by atoms with Gasteiger partial charge in [0.1, 0.15) is 12.4 Å². The van der Waals surface area contributed by atoms with E-state index in [1.807, 2.05) is 12.1 Å². The standard InChI is InChI=1S/C21H23N3O3/c22-10-3-12-24(15-17-4-1-11-23-14-17)21(25)18-6-8-19(9-7-18)27-16-20-5-2-13-26-20/h1,4,6-9,11,14,20H,2-3,5,12-13,15-16H2. The average Bonchev–Trinajstić information content (AvgIpc) is 3.24. The van der Waals surface area contributed by atoms with Crippen LogP contribution < -0.4 is 4.74 Å². The summed E-state index contributed by atoms with van der Waals surface area (Å²) in [6.07, 6.45) is 5.98. The Morgan fingerprint density at radius 3 is 2.85 bits per heavy atom. The molecule has 1 saturated heterocycles. The summed E-state index contributed by atoms with van der Waals surface area (Å²) in [6.45, 7) is 2.13. The third-order valence-corrected chi connectivity index (χ3v) is 4.44. The summed E-state index contributed by atoms with van der Waals surface area (Å²) in [5.74, 6) is 0.609. The Balaban J connectivity index is 1.62. The Hall–Kier alpha value is -2.91. The van der Waals surface area contributed by atoms with E-state index in [0.29, 0.717) is 25.3 Å². The van der Waals surface area contributed by atoms with E-state index < -0.39 is 0 Å². The van der Waals surface area contributed by atoms with E-state index in [1.54, 1.807) is 41.6 Å². The minimum atomic E-state index is -0.111. The van der Waals surface area contributed by atoms with Crippen molar-refractivity contribution in [2.45, 2.75) is 31.9 Å². The van der Waals surface area contributed by atoms with Crippen LogP contribution in [-0.4, -0.2) is 41.7 Å². The molecule has 1 aromatic carbocycles. The molecule has 1 aliphatic rings. The van der Waals surface area contributed by atoms with Crippen LogP contribution in [0.2, 0.25) is 0 Å². The number of nitrogens with zero attached hydrogens (tertiary/aromatic N) is 3. The van der Waals surface area contributed by atoms with Crippen molar-refractivity contribution in [1.82, 2.24) is 9.88 Å². The van der Waals surface area contributed by atoms with Crippen molar-refractivity contribution in [2.75, 3.05) is 19.8 Å².